The zero-order chi connectivity index (χ0) is 13.1. The third-order valence-electron chi connectivity index (χ3n) is 2.23. The van der Waals surface area contributed by atoms with Crippen LogP contribution >= 0.6 is 39.1 Å². The van der Waals surface area contributed by atoms with Crippen molar-refractivity contribution in [2.75, 3.05) is 0 Å². The third-order valence-corrected chi connectivity index (χ3v) is 3.46. The molecule has 0 saturated carbocycles. The van der Waals surface area contributed by atoms with E-state index >= 15 is 0 Å². The largest absolute Gasteiger partial charge is 0.454 e. The van der Waals surface area contributed by atoms with E-state index in [1.807, 2.05) is 0 Å². The molecular formula is C12H9BrCl2N2O. The second-order valence-corrected chi connectivity index (χ2v) is 5.16. The van der Waals surface area contributed by atoms with Gasteiger partial charge in [0.2, 0.25) is 0 Å². The Morgan fingerprint density at radius 2 is 2.06 bits per heavy atom. The van der Waals surface area contributed by atoms with E-state index in [9.17, 15) is 0 Å². The second-order valence-electron chi connectivity index (χ2n) is 3.46. The Bertz CT molecular complexity index is 578. The molecule has 2 aromatic rings. The van der Waals surface area contributed by atoms with Gasteiger partial charge in [0.25, 0.3) is 0 Å². The molecule has 0 aliphatic rings. The topological polar surface area (TPSA) is 48.1 Å². The first-order valence-electron chi connectivity index (χ1n) is 5.08. The van der Waals surface area contributed by atoms with Crippen molar-refractivity contribution in [1.29, 1.82) is 0 Å². The van der Waals surface area contributed by atoms with E-state index in [1.54, 1.807) is 30.5 Å². The smallest absolute Gasteiger partial charge is 0.151 e. The van der Waals surface area contributed by atoms with Gasteiger partial charge in [0.1, 0.15) is 10.8 Å². The van der Waals surface area contributed by atoms with E-state index in [0.717, 1.165) is 4.47 Å². The first-order chi connectivity index (χ1) is 8.61. The predicted octanol–water partition coefficient (Wildman–Crippen LogP) is 4.40. The molecule has 1 aromatic carbocycles. The van der Waals surface area contributed by atoms with Gasteiger partial charge in [-0.05, 0) is 34.1 Å². The lowest BCUT2D eigenvalue weighted by Crippen LogP contribution is -2.02. The van der Waals surface area contributed by atoms with Crippen LogP contribution < -0.4 is 10.5 Å². The van der Waals surface area contributed by atoms with Crippen LogP contribution in [0.1, 0.15) is 5.69 Å². The summed E-state index contributed by atoms with van der Waals surface area (Å²) in [6, 6.07) is 6.97. The molecule has 6 heteroatoms. The number of hydrogen-bond acceptors (Lipinski definition) is 3. The summed E-state index contributed by atoms with van der Waals surface area (Å²) in [5, 5.41) is 0.800. The van der Waals surface area contributed by atoms with Gasteiger partial charge in [-0.25, -0.2) is 0 Å². The van der Waals surface area contributed by atoms with Crippen molar-refractivity contribution in [3.8, 4) is 11.5 Å². The first kappa shape index (κ1) is 13.6. The van der Waals surface area contributed by atoms with Crippen LogP contribution in [-0.2, 0) is 6.54 Å². The Morgan fingerprint density at radius 3 is 2.78 bits per heavy atom. The van der Waals surface area contributed by atoms with Crippen LogP contribution in [0.3, 0.4) is 0 Å². The van der Waals surface area contributed by atoms with E-state index in [0.29, 0.717) is 27.2 Å². The van der Waals surface area contributed by atoms with E-state index < -0.39 is 0 Å². The standard InChI is InChI=1S/C12H9BrCl2N2O/c13-7-4-11(9(5-16)17-6-7)18-10-3-1-2-8(14)12(10)15/h1-4,6H,5,16H2. The van der Waals surface area contributed by atoms with E-state index in [2.05, 4.69) is 20.9 Å². The fourth-order valence-corrected chi connectivity index (χ4v) is 2.01. The van der Waals surface area contributed by atoms with E-state index in [-0.39, 0.29) is 6.54 Å². The lowest BCUT2D eigenvalue weighted by atomic mass is 10.3. The second kappa shape index (κ2) is 5.89. The molecule has 3 nitrogen and oxygen atoms in total. The van der Waals surface area contributed by atoms with Crippen molar-refractivity contribution in [1.82, 2.24) is 4.98 Å². The number of pyridine rings is 1. The Balaban J connectivity index is 2.39. The summed E-state index contributed by atoms with van der Waals surface area (Å²) in [5.74, 6) is 1.02. The molecule has 18 heavy (non-hydrogen) atoms. The van der Waals surface area contributed by atoms with Crippen molar-refractivity contribution < 1.29 is 4.74 Å². The molecule has 0 aliphatic heterocycles. The van der Waals surface area contributed by atoms with Gasteiger partial charge in [0.15, 0.2) is 5.75 Å². The molecule has 94 valence electrons. The Labute approximate surface area is 123 Å². The van der Waals surface area contributed by atoms with Gasteiger partial charge < -0.3 is 10.5 Å². The highest BCUT2D eigenvalue weighted by molar-refractivity contribution is 9.10. The number of nitrogens with two attached hydrogens (primary N) is 1. The van der Waals surface area contributed by atoms with Gasteiger partial charge in [-0.15, -0.1) is 0 Å². The molecule has 0 atom stereocenters. The predicted molar refractivity (Wildman–Crippen MR) is 76.4 cm³/mol. The minimum absolute atomic E-state index is 0.279. The summed E-state index contributed by atoms with van der Waals surface area (Å²) < 4.78 is 6.50. The Hall–Kier alpha value is -0.810. The quantitative estimate of drug-likeness (QED) is 0.894. The van der Waals surface area contributed by atoms with Gasteiger partial charge in [-0.1, -0.05) is 29.3 Å². The van der Waals surface area contributed by atoms with E-state index in [4.69, 9.17) is 33.7 Å². The molecule has 0 fully saturated rings. The van der Waals surface area contributed by atoms with Crippen molar-refractivity contribution in [2.24, 2.45) is 5.73 Å². The van der Waals surface area contributed by atoms with Gasteiger partial charge in [0, 0.05) is 17.2 Å². The summed E-state index contributed by atoms with van der Waals surface area (Å²) >= 11 is 15.3. The Morgan fingerprint density at radius 1 is 1.28 bits per heavy atom. The van der Waals surface area contributed by atoms with Gasteiger partial charge in [0.05, 0.1) is 10.7 Å². The molecule has 0 unspecified atom stereocenters. The number of halogens is 3. The summed E-state index contributed by atoms with van der Waals surface area (Å²) in [6.07, 6.45) is 1.66. The van der Waals surface area contributed by atoms with Crippen molar-refractivity contribution >= 4 is 39.1 Å². The summed E-state index contributed by atoms with van der Waals surface area (Å²) in [5.41, 5.74) is 6.25. The number of hydrogen-bond donors (Lipinski definition) is 1. The van der Waals surface area contributed by atoms with Gasteiger partial charge >= 0.3 is 0 Å². The monoisotopic (exact) mass is 346 g/mol. The summed E-state index contributed by atoms with van der Waals surface area (Å²) in [4.78, 5) is 4.17. The molecule has 1 heterocycles. The number of nitrogens with zero attached hydrogens (tertiary/aromatic N) is 1. The highest BCUT2D eigenvalue weighted by Crippen LogP contribution is 2.35. The van der Waals surface area contributed by atoms with Gasteiger partial charge in [-0.3, -0.25) is 4.98 Å². The highest BCUT2D eigenvalue weighted by Gasteiger charge is 2.10. The summed E-state index contributed by atoms with van der Waals surface area (Å²) in [7, 11) is 0. The maximum Gasteiger partial charge on any atom is 0.151 e. The zero-order valence-electron chi connectivity index (χ0n) is 9.16. The molecule has 0 aliphatic carbocycles. The minimum atomic E-state index is 0.279. The van der Waals surface area contributed by atoms with Gasteiger partial charge in [-0.2, -0.15) is 0 Å². The molecule has 2 rings (SSSR count). The first-order valence-corrected chi connectivity index (χ1v) is 6.63. The fraction of sp³-hybridized carbons (Fsp3) is 0.0833. The summed E-state index contributed by atoms with van der Waals surface area (Å²) in [6.45, 7) is 0.279. The third kappa shape index (κ3) is 2.95. The maximum atomic E-state index is 6.06. The lowest BCUT2D eigenvalue weighted by molar-refractivity contribution is 0.472. The number of benzene rings is 1. The number of aromatic nitrogens is 1. The lowest BCUT2D eigenvalue weighted by Gasteiger charge is -2.11. The van der Waals surface area contributed by atoms with Crippen LogP contribution in [0.15, 0.2) is 34.9 Å². The maximum absolute atomic E-state index is 6.06. The molecule has 0 amide bonds. The Kier molecular flexibility index (Phi) is 4.45. The average molecular weight is 348 g/mol. The molecule has 0 spiro atoms. The highest BCUT2D eigenvalue weighted by atomic mass is 79.9. The minimum Gasteiger partial charge on any atom is -0.454 e. The number of ether oxygens (including phenoxy) is 1. The van der Waals surface area contributed by atoms with E-state index in [1.165, 1.54) is 0 Å². The molecule has 0 radical (unpaired) electrons. The normalized spacial score (nSPS) is 10.4. The van der Waals surface area contributed by atoms with Crippen LogP contribution in [0.4, 0.5) is 0 Å². The molecule has 0 bridgehead atoms. The number of rotatable bonds is 3. The molecular weight excluding hydrogens is 339 g/mol. The van der Waals surface area contributed by atoms with Crippen LogP contribution in [0, 0.1) is 0 Å². The molecule has 0 saturated heterocycles. The average Bonchev–Trinajstić information content (AvgIpc) is 2.35. The van der Waals surface area contributed by atoms with Crippen molar-refractivity contribution in [3.05, 3.63) is 50.7 Å². The van der Waals surface area contributed by atoms with Crippen LogP contribution in [0.5, 0.6) is 11.5 Å². The zero-order valence-corrected chi connectivity index (χ0v) is 12.3. The molecule has 2 N–H and O–H groups in total. The van der Waals surface area contributed by atoms with Crippen LogP contribution in [-0.4, -0.2) is 4.98 Å². The SMILES string of the molecule is NCc1ncc(Br)cc1Oc1cccc(Cl)c1Cl. The van der Waals surface area contributed by atoms with Crippen molar-refractivity contribution in [2.45, 2.75) is 6.54 Å². The van der Waals surface area contributed by atoms with Crippen molar-refractivity contribution in [3.63, 3.8) is 0 Å². The van der Waals surface area contributed by atoms with Crippen LogP contribution in [0.2, 0.25) is 10.0 Å². The van der Waals surface area contributed by atoms with Crippen LogP contribution in [0.25, 0.3) is 0 Å². The molecule has 1 aromatic heterocycles. The fourth-order valence-electron chi connectivity index (χ4n) is 1.37.